The lowest BCUT2D eigenvalue weighted by Gasteiger charge is -2.41. The van der Waals surface area contributed by atoms with Crippen LogP contribution in [-0.2, 0) is 0 Å². The zero-order chi connectivity index (χ0) is 13.2. The number of piperidine rings is 1. The van der Waals surface area contributed by atoms with Crippen molar-refractivity contribution in [1.82, 2.24) is 4.90 Å². The molecule has 3 nitrogen and oxygen atoms in total. The lowest BCUT2D eigenvalue weighted by Crippen LogP contribution is -2.44. The van der Waals surface area contributed by atoms with Crippen molar-refractivity contribution in [2.24, 2.45) is 11.8 Å². The predicted molar refractivity (Wildman–Crippen MR) is 76.8 cm³/mol. The van der Waals surface area contributed by atoms with E-state index < -0.39 is 0 Å². The van der Waals surface area contributed by atoms with Crippen LogP contribution < -0.4 is 5.73 Å². The highest BCUT2D eigenvalue weighted by atomic mass is 16.2. The number of hydrogen-bond acceptors (Lipinski definition) is 2. The first-order chi connectivity index (χ1) is 9.25. The van der Waals surface area contributed by atoms with Crippen molar-refractivity contribution in [3.63, 3.8) is 0 Å². The molecule has 19 heavy (non-hydrogen) atoms. The van der Waals surface area contributed by atoms with Crippen LogP contribution in [0.2, 0.25) is 0 Å². The molecule has 0 spiro atoms. The van der Waals surface area contributed by atoms with E-state index >= 15 is 0 Å². The highest BCUT2D eigenvalue weighted by Gasteiger charge is 2.33. The van der Waals surface area contributed by atoms with E-state index in [1.165, 1.54) is 32.1 Å². The van der Waals surface area contributed by atoms with Crippen LogP contribution in [0.3, 0.4) is 0 Å². The fourth-order valence-electron chi connectivity index (χ4n) is 3.65. The number of nitrogens with zero attached hydrogens (tertiary/aromatic N) is 1. The van der Waals surface area contributed by atoms with Gasteiger partial charge in [0.15, 0.2) is 0 Å². The van der Waals surface area contributed by atoms with Gasteiger partial charge in [-0.25, -0.2) is 0 Å². The standard InChI is InChI=1S/C16H22N2O/c17-15-8-4-3-7-14(15)16(19)18-10-9-12-5-1-2-6-13(12)11-18/h3-4,7-8,12-13H,1-2,5-6,9-11,17H2/t12-,13+/m1/s1. The first-order valence-corrected chi connectivity index (χ1v) is 7.39. The Bertz CT molecular complexity index is 472. The maximum atomic E-state index is 12.5. The fourth-order valence-corrected chi connectivity index (χ4v) is 3.65. The lowest BCUT2D eigenvalue weighted by molar-refractivity contribution is 0.0522. The summed E-state index contributed by atoms with van der Waals surface area (Å²) >= 11 is 0. The van der Waals surface area contributed by atoms with Crippen molar-refractivity contribution in [3.05, 3.63) is 29.8 Å². The van der Waals surface area contributed by atoms with Crippen molar-refractivity contribution >= 4 is 11.6 Å². The number of para-hydroxylation sites is 1. The normalized spacial score (nSPS) is 26.8. The van der Waals surface area contributed by atoms with Gasteiger partial charge in [-0.05, 0) is 36.8 Å². The smallest absolute Gasteiger partial charge is 0.255 e. The van der Waals surface area contributed by atoms with Crippen molar-refractivity contribution in [2.45, 2.75) is 32.1 Å². The average molecular weight is 258 g/mol. The molecule has 102 valence electrons. The Morgan fingerprint density at radius 3 is 2.63 bits per heavy atom. The predicted octanol–water partition coefficient (Wildman–Crippen LogP) is 2.92. The molecule has 3 heteroatoms. The topological polar surface area (TPSA) is 46.3 Å². The average Bonchev–Trinajstić information content (AvgIpc) is 2.46. The van der Waals surface area contributed by atoms with Gasteiger partial charge in [0.05, 0.1) is 5.56 Å². The maximum absolute atomic E-state index is 12.5. The number of nitrogens with two attached hydrogens (primary N) is 1. The molecule has 0 unspecified atom stereocenters. The first-order valence-electron chi connectivity index (χ1n) is 7.39. The van der Waals surface area contributed by atoms with Gasteiger partial charge in [-0.15, -0.1) is 0 Å². The summed E-state index contributed by atoms with van der Waals surface area (Å²) in [6.45, 7) is 1.83. The van der Waals surface area contributed by atoms with Gasteiger partial charge in [-0.1, -0.05) is 31.4 Å². The second-order valence-corrected chi connectivity index (χ2v) is 5.93. The number of likely N-dealkylation sites (tertiary alicyclic amines) is 1. The largest absolute Gasteiger partial charge is 0.398 e. The first kappa shape index (κ1) is 12.5. The van der Waals surface area contributed by atoms with Gasteiger partial charge in [-0.2, -0.15) is 0 Å². The molecule has 3 rings (SSSR count). The van der Waals surface area contributed by atoms with E-state index in [-0.39, 0.29) is 5.91 Å². The number of benzene rings is 1. The molecule has 2 aliphatic rings. The van der Waals surface area contributed by atoms with Crippen LogP contribution in [0.25, 0.3) is 0 Å². The Hall–Kier alpha value is -1.51. The molecular weight excluding hydrogens is 236 g/mol. The molecule has 1 saturated heterocycles. The Kier molecular flexibility index (Phi) is 3.45. The van der Waals surface area contributed by atoms with Crippen LogP contribution in [0, 0.1) is 11.8 Å². The van der Waals surface area contributed by atoms with E-state index in [0.717, 1.165) is 24.9 Å². The number of hydrogen-bond donors (Lipinski definition) is 1. The third-order valence-corrected chi connectivity index (χ3v) is 4.77. The van der Waals surface area contributed by atoms with Gasteiger partial charge < -0.3 is 10.6 Å². The second kappa shape index (κ2) is 5.24. The lowest BCUT2D eigenvalue weighted by atomic mass is 9.75. The minimum atomic E-state index is 0.113. The highest BCUT2D eigenvalue weighted by molar-refractivity contribution is 5.99. The third-order valence-electron chi connectivity index (χ3n) is 4.77. The van der Waals surface area contributed by atoms with Crippen LogP contribution in [-0.4, -0.2) is 23.9 Å². The zero-order valence-corrected chi connectivity index (χ0v) is 11.3. The zero-order valence-electron chi connectivity index (χ0n) is 11.3. The van der Waals surface area contributed by atoms with Gasteiger partial charge in [-0.3, -0.25) is 4.79 Å². The molecule has 0 radical (unpaired) electrons. The molecular formula is C16H22N2O. The summed E-state index contributed by atoms with van der Waals surface area (Å²) in [5, 5.41) is 0. The Morgan fingerprint density at radius 1 is 1.11 bits per heavy atom. The summed E-state index contributed by atoms with van der Waals surface area (Å²) in [4.78, 5) is 14.6. The molecule has 1 saturated carbocycles. The quantitative estimate of drug-likeness (QED) is 0.787. The van der Waals surface area contributed by atoms with E-state index in [9.17, 15) is 4.79 Å². The molecule has 1 aromatic carbocycles. The molecule has 2 N–H and O–H groups in total. The van der Waals surface area contributed by atoms with E-state index in [4.69, 9.17) is 5.73 Å². The SMILES string of the molecule is Nc1ccccc1C(=O)N1CC[C@H]2CCCC[C@H]2C1. The third kappa shape index (κ3) is 2.46. The number of rotatable bonds is 1. The number of anilines is 1. The molecule has 1 amide bonds. The number of nitrogen functional groups attached to an aromatic ring is 1. The van der Waals surface area contributed by atoms with E-state index in [0.29, 0.717) is 11.3 Å². The summed E-state index contributed by atoms with van der Waals surface area (Å²) < 4.78 is 0. The molecule has 2 atom stereocenters. The van der Waals surface area contributed by atoms with Gasteiger partial charge in [0.1, 0.15) is 0 Å². The Morgan fingerprint density at radius 2 is 1.84 bits per heavy atom. The van der Waals surface area contributed by atoms with Gasteiger partial charge in [0.2, 0.25) is 0 Å². The summed E-state index contributed by atoms with van der Waals surface area (Å²) in [6.07, 6.45) is 6.53. The highest BCUT2D eigenvalue weighted by Crippen LogP contribution is 2.36. The van der Waals surface area contributed by atoms with Crippen LogP contribution in [0.15, 0.2) is 24.3 Å². The molecule has 1 aromatic rings. The van der Waals surface area contributed by atoms with E-state index in [2.05, 4.69) is 0 Å². The second-order valence-electron chi connectivity index (χ2n) is 5.93. The molecule has 1 aliphatic heterocycles. The number of amides is 1. The van der Waals surface area contributed by atoms with Crippen molar-refractivity contribution in [1.29, 1.82) is 0 Å². The fraction of sp³-hybridized carbons (Fsp3) is 0.562. The number of fused-ring (bicyclic) bond motifs is 1. The van der Waals surface area contributed by atoms with Crippen LogP contribution in [0.4, 0.5) is 5.69 Å². The monoisotopic (exact) mass is 258 g/mol. The maximum Gasteiger partial charge on any atom is 0.255 e. The molecule has 0 bridgehead atoms. The minimum Gasteiger partial charge on any atom is -0.398 e. The summed E-state index contributed by atoms with van der Waals surface area (Å²) in [5.74, 6) is 1.68. The summed E-state index contributed by atoms with van der Waals surface area (Å²) in [6, 6.07) is 7.40. The molecule has 0 aromatic heterocycles. The van der Waals surface area contributed by atoms with Gasteiger partial charge >= 0.3 is 0 Å². The summed E-state index contributed by atoms with van der Waals surface area (Å²) in [7, 11) is 0. The van der Waals surface area contributed by atoms with Crippen molar-refractivity contribution in [3.8, 4) is 0 Å². The molecule has 1 aliphatic carbocycles. The van der Waals surface area contributed by atoms with Crippen LogP contribution in [0.5, 0.6) is 0 Å². The number of carbonyl (C=O) groups is 1. The molecule has 2 fully saturated rings. The Balaban J connectivity index is 1.73. The van der Waals surface area contributed by atoms with Crippen molar-refractivity contribution in [2.75, 3.05) is 18.8 Å². The van der Waals surface area contributed by atoms with Crippen LogP contribution in [0.1, 0.15) is 42.5 Å². The van der Waals surface area contributed by atoms with Crippen molar-refractivity contribution < 1.29 is 4.79 Å². The molecule has 1 heterocycles. The van der Waals surface area contributed by atoms with Gasteiger partial charge in [0.25, 0.3) is 5.91 Å². The van der Waals surface area contributed by atoms with E-state index in [1.807, 2.05) is 23.1 Å². The number of carbonyl (C=O) groups excluding carboxylic acids is 1. The summed E-state index contributed by atoms with van der Waals surface area (Å²) in [5.41, 5.74) is 7.17. The van der Waals surface area contributed by atoms with Crippen LogP contribution >= 0.6 is 0 Å². The minimum absolute atomic E-state index is 0.113. The Labute approximate surface area is 114 Å². The van der Waals surface area contributed by atoms with Gasteiger partial charge in [0, 0.05) is 18.8 Å². The van der Waals surface area contributed by atoms with E-state index in [1.54, 1.807) is 6.07 Å².